The summed E-state index contributed by atoms with van der Waals surface area (Å²) in [4.78, 5) is 39.0. The molecule has 1 N–H and O–H groups in total. The first-order valence-corrected chi connectivity index (χ1v) is 13.1. The summed E-state index contributed by atoms with van der Waals surface area (Å²) >= 11 is 1.59. The van der Waals surface area contributed by atoms with Crippen LogP contribution < -0.4 is 5.32 Å². The van der Waals surface area contributed by atoms with Crippen molar-refractivity contribution in [2.24, 2.45) is 10.4 Å². The zero-order valence-electron chi connectivity index (χ0n) is 21.3. The van der Waals surface area contributed by atoms with Crippen LogP contribution in [0.15, 0.2) is 60.0 Å². The highest BCUT2D eigenvalue weighted by atomic mass is 32.2. The van der Waals surface area contributed by atoms with E-state index in [0.29, 0.717) is 6.42 Å². The number of carbonyl (C=O) groups is 2. The van der Waals surface area contributed by atoms with Crippen molar-refractivity contribution in [1.29, 1.82) is 0 Å². The summed E-state index contributed by atoms with van der Waals surface area (Å²) < 4.78 is 5.34. The number of ketones is 1. The number of ether oxygens (including phenoxy) is 1. The standard InChI is InChI=1S/C28H32N4O3S/c1-6-35-27(34)22(32-24-23(36-17(2)3)25(33)28(24,4)5)15-18-7-9-20(10-8-18)31-26-21-16-29-13-11-19(21)12-14-30-26/h7-14,16-17,22-23H,6,15H2,1-5H3,(H,30,31)/t22-,23?/m0/s1. The predicted molar refractivity (Wildman–Crippen MR) is 146 cm³/mol. The zero-order chi connectivity index (χ0) is 25.9. The maximum absolute atomic E-state index is 12.8. The molecule has 2 atom stereocenters. The van der Waals surface area contributed by atoms with Crippen LogP contribution in [0.1, 0.15) is 40.2 Å². The second-order valence-corrected chi connectivity index (χ2v) is 11.3. The molecule has 1 fully saturated rings. The number of carbonyl (C=O) groups excluding carboxylic acids is 2. The minimum atomic E-state index is -0.702. The van der Waals surface area contributed by atoms with Crippen LogP contribution in [0.2, 0.25) is 0 Å². The molecule has 0 radical (unpaired) electrons. The molecule has 0 aliphatic heterocycles. The van der Waals surface area contributed by atoms with Gasteiger partial charge in [-0.05, 0) is 56.0 Å². The maximum atomic E-state index is 12.8. The van der Waals surface area contributed by atoms with Crippen LogP contribution in [0.5, 0.6) is 0 Å². The van der Waals surface area contributed by atoms with Gasteiger partial charge in [0.1, 0.15) is 11.1 Å². The van der Waals surface area contributed by atoms with Gasteiger partial charge >= 0.3 is 5.97 Å². The third kappa shape index (κ3) is 5.43. The molecule has 2 aromatic heterocycles. The lowest BCUT2D eigenvalue weighted by atomic mass is 9.68. The minimum Gasteiger partial charge on any atom is -0.464 e. The second kappa shape index (κ2) is 10.8. The molecule has 1 saturated carbocycles. The van der Waals surface area contributed by atoms with Gasteiger partial charge in [-0.15, -0.1) is 11.8 Å². The fraction of sp³-hybridized carbons (Fsp3) is 0.393. The summed E-state index contributed by atoms with van der Waals surface area (Å²) in [6, 6.07) is 11.0. The van der Waals surface area contributed by atoms with Gasteiger partial charge in [-0.2, -0.15) is 0 Å². The number of hydrogen-bond donors (Lipinski definition) is 1. The third-order valence-corrected chi connectivity index (χ3v) is 7.47. The quantitative estimate of drug-likeness (QED) is 0.390. The van der Waals surface area contributed by atoms with Crippen LogP contribution in [0.25, 0.3) is 10.8 Å². The Morgan fingerprint density at radius 2 is 1.89 bits per heavy atom. The van der Waals surface area contributed by atoms with Crippen LogP contribution in [-0.2, 0) is 20.7 Å². The van der Waals surface area contributed by atoms with Gasteiger partial charge in [-0.3, -0.25) is 14.8 Å². The monoisotopic (exact) mass is 504 g/mol. The Kier molecular flexibility index (Phi) is 7.73. The molecule has 1 aliphatic rings. The lowest BCUT2D eigenvalue weighted by Gasteiger charge is -2.43. The highest BCUT2D eigenvalue weighted by Gasteiger charge is 2.54. The van der Waals surface area contributed by atoms with E-state index in [4.69, 9.17) is 9.73 Å². The molecule has 8 heteroatoms. The Hall–Kier alpha value is -3.26. The molecule has 0 amide bonds. The van der Waals surface area contributed by atoms with Gasteiger partial charge in [-0.1, -0.05) is 26.0 Å². The largest absolute Gasteiger partial charge is 0.464 e. The molecule has 188 valence electrons. The Morgan fingerprint density at radius 1 is 1.17 bits per heavy atom. The number of hydrogen-bond acceptors (Lipinski definition) is 8. The van der Waals surface area contributed by atoms with Crippen LogP contribution in [0.3, 0.4) is 0 Å². The number of Topliss-reactive ketones (excluding diaryl/α,β-unsaturated/α-hetero) is 1. The van der Waals surface area contributed by atoms with Crippen molar-refractivity contribution >= 4 is 51.5 Å². The lowest BCUT2D eigenvalue weighted by Crippen LogP contribution is -2.58. The summed E-state index contributed by atoms with van der Waals surface area (Å²) in [7, 11) is 0. The average Bonchev–Trinajstić information content (AvgIpc) is 2.86. The van der Waals surface area contributed by atoms with E-state index in [1.165, 1.54) is 0 Å². The number of rotatable bonds is 9. The van der Waals surface area contributed by atoms with E-state index in [1.807, 2.05) is 50.2 Å². The number of anilines is 2. The predicted octanol–water partition coefficient (Wildman–Crippen LogP) is 5.41. The number of fused-ring (bicyclic) bond motifs is 1. The van der Waals surface area contributed by atoms with Crippen LogP contribution in [0.4, 0.5) is 11.5 Å². The summed E-state index contributed by atoms with van der Waals surface area (Å²) in [6.45, 7) is 9.94. The fourth-order valence-electron chi connectivity index (χ4n) is 4.24. The van der Waals surface area contributed by atoms with Crippen molar-refractivity contribution in [3.8, 4) is 0 Å². The molecule has 0 spiro atoms. The van der Waals surface area contributed by atoms with E-state index in [9.17, 15) is 9.59 Å². The number of thioether (sulfide) groups is 1. The Labute approximate surface area is 216 Å². The number of aliphatic imine (C=N–C) groups is 1. The first-order chi connectivity index (χ1) is 17.2. The van der Waals surface area contributed by atoms with Gasteiger partial charge in [0.2, 0.25) is 0 Å². The fourth-order valence-corrected chi connectivity index (χ4v) is 5.68. The van der Waals surface area contributed by atoms with Gasteiger partial charge in [0, 0.05) is 47.0 Å². The number of aromatic nitrogens is 2. The zero-order valence-corrected chi connectivity index (χ0v) is 22.1. The van der Waals surface area contributed by atoms with Crippen molar-refractivity contribution in [1.82, 2.24) is 9.97 Å². The van der Waals surface area contributed by atoms with E-state index >= 15 is 0 Å². The topological polar surface area (TPSA) is 93.5 Å². The molecule has 2 heterocycles. The van der Waals surface area contributed by atoms with Crippen LogP contribution >= 0.6 is 11.8 Å². The number of pyridine rings is 2. The van der Waals surface area contributed by atoms with Crippen molar-refractivity contribution in [3.63, 3.8) is 0 Å². The molecule has 4 rings (SSSR count). The number of benzene rings is 1. The van der Waals surface area contributed by atoms with E-state index in [1.54, 1.807) is 37.3 Å². The Balaban J connectivity index is 1.54. The van der Waals surface area contributed by atoms with Gasteiger partial charge in [-0.25, -0.2) is 9.78 Å². The number of nitrogens with zero attached hydrogens (tertiary/aromatic N) is 3. The van der Waals surface area contributed by atoms with Crippen LogP contribution in [0, 0.1) is 5.41 Å². The van der Waals surface area contributed by atoms with E-state index in [2.05, 4.69) is 29.1 Å². The maximum Gasteiger partial charge on any atom is 0.331 e. The molecule has 0 saturated heterocycles. The summed E-state index contributed by atoms with van der Waals surface area (Å²) in [5.41, 5.74) is 1.94. The summed E-state index contributed by atoms with van der Waals surface area (Å²) in [5, 5.41) is 5.33. The molecule has 1 aromatic carbocycles. The van der Waals surface area contributed by atoms with Gasteiger partial charge < -0.3 is 10.1 Å². The molecule has 1 aliphatic carbocycles. The molecule has 0 bridgehead atoms. The molecule has 36 heavy (non-hydrogen) atoms. The molecule has 7 nitrogen and oxygen atoms in total. The van der Waals surface area contributed by atoms with Crippen molar-refractivity contribution in [3.05, 3.63) is 60.6 Å². The van der Waals surface area contributed by atoms with Gasteiger partial charge in [0.15, 0.2) is 11.8 Å². The van der Waals surface area contributed by atoms with E-state index < -0.39 is 11.5 Å². The highest BCUT2D eigenvalue weighted by molar-refractivity contribution is 8.02. The van der Waals surface area contributed by atoms with Gasteiger partial charge in [0.25, 0.3) is 0 Å². The van der Waals surface area contributed by atoms with Crippen molar-refractivity contribution in [2.75, 3.05) is 11.9 Å². The normalized spacial score (nSPS) is 18.8. The van der Waals surface area contributed by atoms with E-state index in [-0.39, 0.29) is 28.9 Å². The van der Waals surface area contributed by atoms with Gasteiger partial charge in [0.05, 0.1) is 12.0 Å². The van der Waals surface area contributed by atoms with Crippen molar-refractivity contribution in [2.45, 2.75) is 57.6 Å². The summed E-state index contributed by atoms with van der Waals surface area (Å²) in [6.07, 6.45) is 5.70. The molecule has 1 unspecified atom stereocenters. The third-order valence-electron chi connectivity index (χ3n) is 6.22. The highest BCUT2D eigenvalue weighted by Crippen LogP contribution is 2.42. The first-order valence-electron chi connectivity index (χ1n) is 12.2. The second-order valence-electron chi connectivity index (χ2n) is 9.62. The number of nitrogens with one attached hydrogen (secondary N) is 1. The molecular weight excluding hydrogens is 472 g/mol. The van der Waals surface area contributed by atoms with Crippen molar-refractivity contribution < 1.29 is 14.3 Å². The first kappa shape index (κ1) is 25.8. The smallest absolute Gasteiger partial charge is 0.331 e. The lowest BCUT2D eigenvalue weighted by molar-refractivity contribution is -0.144. The average molecular weight is 505 g/mol. The SMILES string of the molecule is CCOC(=O)[C@H](Cc1ccc(Nc2nccc3ccncc23)cc1)N=C1C(SC(C)C)C(=O)C1(C)C. The Bertz CT molecular complexity index is 1280. The van der Waals surface area contributed by atoms with Crippen LogP contribution in [-0.4, -0.2) is 50.6 Å². The Morgan fingerprint density at radius 3 is 2.58 bits per heavy atom. The van der Waals surface area contributed by atoms with E-state index in [0.717, 1.165) is 33.6 Å². The molecular formula is C28H32N4O3S. The minimum absolute atomic E-state index is 0.162. The molecule has 3 aromatic rings. The summed E-state index contributed by atoms with van der Waals surface area (Å²) in [5.74, 6) is 0.521. The number of esters is 1.